The molecule has 2 N–H and O–H groups in total. The van der Waals surface area contributed by atoms with Crippen LogP contribution in [0.2, 0.25) is 0 Å². The van der Waals surface area contributed by atoms with Crippen molar-refractivity contribution in [2.75, 3.05) is 39.4 Å². The minimum Gasteiger partial charge on any atom is -0.391 e. The van der Waals surface area contributed by atoms with Crippen LogP contribution in [-0.2, 0) is 16.1 Å². The van der Waals surface area contributed by atoms with Crippen molar-refractivity contribution >= 4 is 6.29 Å². The van der Waals surface area contributed by atoms with Crippen molar-refractivity contribution in [3.63, 3.8) is 0 Å². The summed E-state index contributed by atoms with van der Waals surface area (Å²) < 4.78 is 5.39. The van der Waals surface area contributed by atoms with E-state index in [1.54, 1.807) is 0 Å². The fourth-order valence-electron chi connectivity index (χ4n) is 2.91. The molecule has 1 fully saturated rings. The first-order valence-electron chi connectivity index (χ1n) is 8.46. The highest BCUT2D eigenvalue weighted by molar-refractivity contribution is 5.49. The summed E-state index contributed by atoms with van der Waals surface area (Å²) >= 11 is 0. The van der Waals surface area contributed by atoms with Crippen LogP contribution in [0, 0.1) is 5.92 Å². The first kappa shape index (κ1) is 18.1. The van der Waals surface area contributed by atoms with Gasteiger partial charge in [0, 0.05) is 32.6 Å². The van der Waals surface area contributed by atoms with Crippen LogP contribution >= 0.6 is 0 Å². The molecule has 0 bridgehead atoms. The van der Waals surface area contributed by atoms with Gasteiger partial charge in [-0.3, -0.25) is 4.90 Å². The molecule has 0 radical (unpaired) electrons. The smallest absolute Gasteiger partial charge is 0.122 e. The molecule has 0 saturated carbocycles. The standard InChI is InChI=1S/C18H28N2O3/c21-10-4-11-23-12-9-20-8-7-17(18(22)15-20)14-19-13-16-5-2-1-3-6-16/h1-3,5-6,10,17-19,22H,4,7-9,11-15H2/t17-,18+/m0/s1. The lowest BCUT2D eigenvalue weighted by Crippen LogP contribution is -2.47. The average Bonchev–Trinajstić information content (AvgIpc) is 2.57. The molecule has 1 saturated heterocycles. The Hall–Kier alpha value is -1.27. The number of benzene rings is 1. The molecular weight excluding hydrogens is 292 g/mol. The van der Waals surface area contributed by atoms with E-state index in [1.807, 2.05) is 18.2 Å². The van der Waals surface area contributed by atoms with E-state index in [9.17, 15) is 9.90 Å². The van der Waals surface area contributed by atoms with Gasteiger partial charge in [-0.2, -0.15) is 0 Å². The van der Waals surface area contributed by atoms with Crippen LogP contribution in [0.3, 0.4) is 0 Å². The minimum absolute atomic E-state index is 0.290. The monoisotopic (exact) mass is 320 g/mol. The Morgan fingerprint density at radius 1 is 1.30 bits per heavy atom. The van der Waals surface area contributed by atoms with E-state index < -0.39 is 0 Å². The second-order valence-corrected chi connectivity index (χ2v) is 6.10. The van der Waals surface area contributed by atoms with Crippen LogP contribution in [-0.4, -0.2) is 61.8 Å². The molecule has 0 spiro atoms. The molecule has 1 aromatic carbocycles. The molecule has 1 aliphatic rings. The van der Waals surface area contributed by atoms with E-state index in [2.05, 4.69) is 22.3 Å². The zero-order chi connectivity index (χ0) is 16.3. The van der Waals surface area contributed by atoms with Gasteiger partial charge in [0.15, 0.2) is 0 Å². The van der Waals surface area contributed by atoms with Crippen LogP contribution < -0.4 is 5.32 Å². The number of aliphatic hydroxyl groups is 1. The first-order chi connectivity index (χ1) is 11.3. The Kier molecular flexibility index (Phi) is 8.25. The number of hydrogen-bond acceptors (Lipinski definition) is 5. The molecule has 0 amide bonds. The molecule has 5 nitrogen and oxygen atoms in total. The maximum Gasteiger partial charge on any atom is 0.122 e. The van der Waals surface area contributed by atoms with Crippen molar-refractivity contribution in [2.45, 2.75) is 25.5 Å². The summed E-state index contributed by atoms with van der Waals surface area (Å²) in [7, 11) is 0. The van der Waals surface area contributed by atoms with Crippen molar-refractivity contribution in [1.82, 2.24) is 10.2 Å². The van der Waals surface area contributed by atoms with Gasteiger partial charge in [-0.25, -0.2) is 0 Å². The van der Waals surface area contributed by atoms with Crippen molar-refractivity contribution < 1.29 is 14.6 Å². The number of aliphatic hydroxyl groups excluding tert-OH is 1. The fourth-order valence-corrected chi connectivity index (χ4v) is 2.91. The number of aldehydes is 1. The molecule has 0 aliphatic carbocycles. The summed E-state index contributed by atoms with van der Waals surface area (Å²) in [6.07, 6.45) is 2.04. The lowest BCUT2D eigenvalue weighted by molar-refractivity contribution is -0.108. The van der Waals surface area contributed by atoms with Gasteiger partial charge in [-0.1, -0.05) is 30.3 Å². The summed E-state index contributed by atoms with van der Waals surface area (Å²) in [5.41, 5.74) is 1.27. The number of nitrogens with zero attached hydrogens (tertiary/aromatic N) is 1. The van der Waals surface area contributed by atoms with Crippen molar-refractivity contribution in [3.05, 3.63) is 35.9 Å². The van der Waals surface area contributed by atoms with Crippen molar-refractivity contribution in [2.24, 2.45) is 5.92 Å². The van der Waals surface area contributed by atoms with Crippen molar-refractivity contribution in [3.8, 4) is 0 Å². The molecule has 1 aliphatic heterocycles. The molecule has 128 valence electrons. The second-order valence-electron chi connectivity index (χ2n) is 6.10. The third kappa shape index (κ3) is 6.79. The van der Waals surface area contributed by atoms with E-state index in [0.717, 1.165) is 38.9 Å². The zero-order valence-corrected chi connectivity index (χ0v) is 13.7. The van der Waals surface area contributed by atoms with Crippen molar-refractivity contribution in [1.29, 1.82) is 0 Å². The third-order valence-corrected chi connectivity index (χ3v) is 4.32. The number of carbonyl (C=O) groups excluding carboxylic acids is 1. The highest BCUT2D eigenvalue weighted by Crippen LogP contribution is 2.17. The maximum atomic E-state index is 10.3. The van der Waals surface area contributed by atoms with E-state index in [4.69, 9.17) is 4.74 Å². The molecule has 5 heteroatoms. The summed E-state index contributed by atoms with van der Waals surface area (Å²) in [6, 6.07) is 10.3. The number of piperidine rings is 1. The third-order valence-electron chi connectivity index (χ3n) is 4.32. The summed E-state index contributed by atoms with van der Waals surface area (Å²) in [5.74, 6) is 0.311. The number of hydrogen-bond donors (Lipinski definition) is 2. The number of β-amino-alcohol motifs (C(OH)–C–C–N with tert-alkyl or cyclic N) is 1. The number of rotatable bonds is 10. The minimum atomic E-state index is -0.290. The molecule has 1 aromatic rings. The zero-order valence-electron chi connectivity index (χ0n) is 13.7. The average molecular weight is 320 g/mol. The van der Waals surface area contributed by atoms with Gasteiger partial charge in [0.05, 0.1) is 19.3 Å². The van der Waals surface area contributed by atoms with Gasteiger partial charge in [0.2, 0.25) is 0 Å². The Balaban J connectivity index is 1.59. The van der Waals surface area contributed by atoms with E-state index in [1.165, 1.54) is 5.56 Å². The number of likely N-dealkylation sites (tertiary alicyclic amines) is 1. The molecule has 2 rings (SSSR count). The predicted octanol–water partition coefficient (Wildman–Crippen LogP) is 1.06. The van der Waals surface area contributed by atoms with Gasteiger partial charge < -0.3 is 20.0 Å². The normalized spacial score (nSPS) is 22.1. The Bertz CT molecular complexity index is 441. The highest BCUT2D eigenvalue weighted by atomic mass is 16.5. The van der Waals surface area contributed by atoms with Crippen LogP contribution in [0.4, 0.5) is 0 Å². The predicted molar refractivity (Wildman–Crippen MR) is 90.2 cm³/mol. The van der Waals surface area contributed by atoms with Gasteiger partial charge in [0.25, 0.3) is 0 Å². The van der Waals surface area contributed by atoms with Gasteiger partial charge >= 0.3 is 0 Å². The van der Waals surface area contributed by atoms with Gasteiger partial charge in [-0.05, 0) is 24.4 Å². The van der Waals surface area contributed by atoms with E-state index >= 15 is 0 Å². The fraction of sp³-hybridized carbons (Fsp3) is 0.611. The summed E-state index contributed by atoms with van der Waals surface area (Å²) in [5, 5.41) is 13.8. The Morgan fingerprint density at radius 3 is 2.87 bits per heavy atom. The molecule has 1 heterocycles. The largest absolute Gasteiger partial charge is 0.391 e. The quantitative estimate of drug-likeness (QED) is 0.499. The van der Waals surface area contributed by atoms with Gasteiger partial charge in [-0.15, -0.1) is 0 Å². The number of ether oxygens (including phenoxy) is 1. The summed E-state index contributed by atoms with van der Waals surface area (Å²) in [4.78, 5) is 12.4. The highest BCUT2D eigenvalue weighted by Gasteiger charge is 2.26. The maximum absolute atomic E-state index is 10.3. The van der Waals surface area contributed by atoms with Crippen LogP contribution in [0.25, 0.3) is 0 Å². The van der Waals surface area contributed by atoms with E-state index in [-0.39, 0.29) is 6.10 Å². The van der Waals surface area contributed by atoms with Crippen LogP contribution in [0.1, 0.15) is 18.4 Å². The van der Waals surface area contributed by atoms with Crippen LogP contribution in [0.5, 0.6) is 0 Å². The van der Waals surface area contributed by atoms with Gasteiger partial charge in [0.1, 0.15) is 6.29 Å². The molecule has 0 aromatic heterocycles. The number of nitrogens with one attached hydrogen (secondary N) is 1. The lowest BCUT2D eigenvalue weighted by Gasteiger charge is -2.36. The Labute approximate surface area is 138 Å². The molecular formula is C18H28N2O3. The second kappa shape index (κ2) is 10.5. The molecule has 2 atom stereocenters. The van der Waals surface area contributed by atoms with Crippen LogP contribution in [0.15, 0.2) is 30.3 Å². The van der Waals surface area contributed by atoms with E-state index in [0.29, 0.717) is 32.1 Å². The topological polar surface area (TPSA) is 61.8 Å². The SMILES string of the molecule is O=CCCOCCN1CC[C@@H](CNCc2ccccc2)[C@H](O)C1. The Morgan fingerprint density at radius 2 is 2.13 bits per heavy atom. The first-order valence-corrected chi connectivity index (χ1v) is 8.46. The molecule has 23 heavy (non-hydrogen) atoms. The lowest BCUT2D eigenvalue weighted by atomic mass is 9.93. The summed E-state index contributed by atoms with van der Waals surface area (Å²) in [6.45, 7) is 5.32. The number of carbonyl (C=O) groups is 1. The molecule has 0 unspecified atom stereocenters.